The number of halogens is 2. The zero-order valence-corrected chi connectivity index (χ0v) is 13.2. The minimum absolute atomic E-state index is 0.220. The summed E-state index contributed by atoms with van der Waals surface area (Å²) in [5.74, 6) is 0.221. The lowest BCUT2D eigenvalue weighted by Gasteiger charge is -2.08. The summed E-state index contributed by atoms with van der Waals surface area (Å²) in [4.78, 5) is 16.2. The van der Waals surface area contributed by atoms with Gasteiger partial charge < -0.3 is 11.1 Å². The van der Waals surface area contributed by atoms with Crippen LogP contribution in [0, 0.1) is 6.92 Å². The minimum atomic E-state index is -0.220. The van der Waals surface area contributed by atoms with Crippen molar-refractivity contribution in [2.45, 2.75) is 6.92 Å². The van der Waals surface area contributed by atoms with E-state index in [0.29, 0.717) is 21.5 Å². The summed E-state index contributed by atoms with van der Waals surface area (Å²) in [6.07, 6.45) is 1.49. The summed E-state index contributed by atoms with van der Waals surface area (Å²) in [5, 5.41) is 2.73. The fourth-order valence-corrected chi connectivity index (χ4v) is 2.67. The highest BCUT2D eigenvalue weighted by atomic mass is 79.9. The van der Waals surface area contributed by atoms with E-state index in [1.165, 1.54) is 6.20 Å². The molecule has 19 heavy (non-hydrogen) atoms. The molecule has 0 aliphatic heterocycles. The second-order valence-corrected chi connectivity index (χ2v) is 5.84. The van der Waals surface area contributed by atoms with Crippen molar-refractivity contribution >= 4 is 49.3 Å². The lowest BCUT2D eigenvalue weighted by molar-refractivity contribution is 0.102. The average Bonchev–Trinajstić information content (AvgIpc) is 2.31. The molecule has 0 fully saturated rings. The van der Waals surface area contributed by atoms with Crippen molar-refractivity contribution in [2.75, 3.05) is 11.1 Å². The normalized spacial score (nSPS) is 10.3. The zero-order valence-electron chi connectivity index (χ0n) is 10.1. The number of nitrogens with zero attached hydrogens (tertiary/aromatic N) is 1. The van der Waals surface area contributed by atoms with Crippen LogP contribution < -0.4 is 11.1 Å². The van der Waals surface area contributed by atoms with Crippen molar-refractivity contribution in [3.8, 4) is 0 Å². The number of aromatic nitrogens is 1. The van der Waals surface area contributed by atoms with Crippen LogP contribution in [0.15, 0.2) is 39.4 Å². The van der Waals surface area contributed by atoms with E-state index in [4.69, 9.17) is 5.73 Å². The fraction of sp³-hybridized carbons (Fsp3) is 0.0769. The molecular weight excluding hydrogens is 374 g/mol. The van der Waals surface area contributed by atoms with E-state index < -0.39 is 0 Å². The van der Waals surface area contributed by atoms with Crippen LogP contribution in [0.4, 0.5) is 11.5 Å². The molecule has 1 aromatic heterocycles. The number of rotatable bonds is 2. The lowest BCUT2D eigenvalue weighted by Crippen LogP contribution is -2.13. The molecule has 0 aliphatic carbocycles. The van der Waals surface area contributed by atoms with E-state index >= 15 is 0 Å². The first-order valence-corrected chi connectivity index (χ1v) is 7.04. The number of benzene rings is 1. The maximum absolute atomic E-state index is 12.1. The third-order valence-electron chi connectivity index (χ3n) is 2.40. The number of pyridine rings is 1. The molecule has 98 valence electrons. The van der Waals surface area contributed by atoms with E-state index in [0.717, 1.165) is 10.0 Å². The summed E-state index contributed by atoms with van der Waals surface area (Å²) in [6, 6.07) is 7.20. The predicted octanol–water partition coefficient (Wildman–Crippen LogP) is 3.75. The smallest absolute Gasteiger partial charge is 0.256 e. The van der Waals surface area contributed by atoms with Crippen LogP contribution in [0.2, 0.25) is 0 Å². The number of carbonyl (C=O) groups is 1. The molecule has 1 heterocycles. The van der Waals surface area contributed by atoms with Gasteiger partial charge >= 0.3 is 0 Å². The van der Waals surface area contributed by atoms with Gasteiger partial charge in [-0.05, 0) is 52.7 Å². The molecule has 1 amide bonds. The van der Waals surface area contributed by atoms with Gasteiger partial charge in [0, 0.05) is 10.0 Å². The number of hydrogen-bond donors (Lipinski definition) is 2. The maximum Gasteiger partial charge on any atom is 0.256 e. The number of nitrogen functional groups attached to an aromatic ring is 1. The Labute approximate surface area is 127 Å². The van der Waals surface area contributed by atoms with Crippen molar-refractivity contribution < 1.29 is 4.79 Å². The van der Waals surface area contributed by atoms with Gasteiger partial charge in [0.25, 0.3) is 5.91 Å². The van der Waals surface area contributed by atoms with Gasteiger partial charge in [0.05, 0.1) is 16.4 Å². The van der Waals surface area contributed by atoms with E-state index in [9.17, 15) is 4.79 Å². The molecule has 0 aliphatic rings. The number of hydrogen-bond acceptors (Lipinski definition) is 3. The van der Waals surface area contributed by atoms with Crippen LogP contribution in [0.1, 0.15) is 15.9 Å². The van der Waals surface area contributed by atoms with Gasteiger partial charge in [0.15, 0.2) is 0 Å². The summed E-state index contributed by atoms with van der Waals surface area (Å²) in [6.45, 7) is 1.93. The minimum Gasteiger partial charge on any atom is -0.397 e. The monoisotopic (exact) mass is 383 g/mol. The van der Waals surface area contributed by atoms with Gasteiger partial charge in [0.1, 0.15) is 5.82 Å². The van der Waals surface area contributed by atoms with Crippen molar-refractivity contribution in [3.05, 3.63) is 50.5 Å². The SMILES string of the molecule is Cc1cc(Br)cc(C(=O)Nc2ncc(N)cc2Br)c1. The Kier molecular flexibility index (Phi) is 4.21. The highest BCUT2D eigenvalue weighted by molar-refractivity contribution is 9.10. The Hall–Kier alpha value is -1.40. The topological polar surface area (TPSA) is 68.0 Å². The van der Waals surface area contributed by atoms with Crippen molar-refractivity contribution in [2.24, 2.45) is 0 Å². The molecule has 0 saturated heterocycles. The van der Waals surface area contributed by atoms with Crippen molar-refractivity contribution in [1.82, 2.24) is 4.98 Å². The van der Waals surface area contributed by atoms with Crippen molar-refractivity contribution in [3.63, 3.8) is 0 Å². The third-order valence-corrected chi connectivity index (χ3v) is 3.46. The molecule has 0 bridgehead atoms. The molecule has 0 spiro atoms. The molecule has 2 aromatic rings. The van der Waals surface area contributed by atoms with E-state index in [1.807, 2.05) is 19.1 Å². The Morgan fingerprint density at radius 3 is 2.63 bits per heavy atom. The van der Waals surface area contributed by atoms with Gasteiger partial charge in [-0.25, -0.2) is 4.98 Å². The first-order chi connectivity index (χ1) is 8.95. The Balaban J connectivity index is 2.25. The first kappa shape index (κ1) is 14.0. The van der Waals surface area contributed by atoms with Gasteiger partial charge in [-0.1, -0.05) is 15.9 Å². The highest BCUT2D eigenvalue weighted by Crippen LogP contribution is 2.23. The van der Waals surface area contributed by atoms with Crippen LogP contribution >= 0.6 is 31.9 Å². The largest absolute Gasteiger partial charge is 0.397 e. The van der Waals surface area contributed by atoms with Gasteiger partial charge in [-0.3, -0.25) is 4.79 Å². The summed E-state index contributed by atoms with van der Waals surface area (Å²) in [5.41, 5.74) is 7.70. The molecule has 4 nitrogen and oxygen atoms in total. The van der Waals surface area contributed by atoms with Crippen LogP contribution in [0.25, 0.3) is 0 Å². The molecule has 1 aromatic carbocycles. The van der Waals surface area contributed by atoms with E-state index in [2.05, 4.69) is 42.2 Å². The zero-order chi connectivity index (χ0) is 14.0. The first-order valence-electron chi connectivity index (χ1n) is 5.45. The standard InChI is InChI=1S/C13H11Br2N3O/c1-7-2-8(4-9(14)3-7)13(19)18-12-11(15)5-10(16)6-17-12/h2-6H,16H2,1H3,(H,17,18,19). The number of amides is 1. The van der Waals surface area contributed by atoms with Crippen molar-refractivity contribution in [1.29, 1.82) is 0 Å². The lowest BCUT2D eigenvalue weighted by atomic mass is 10.1. The van der Waals surface area contributed by atoms with E-state index in [-0.39, 0.29) is 5.91 Å². The molecule has 0 unspecified atom stereocenters. The Morgan fingerprint density at radius 2 is 2.00 bits per heavy atom. The molecule has 2 rings (SSSR count). The quantitative estimate of drug-likeness (QED) is 0.828. The molecule has 0 saturated carbocycles. The maximum atomic E-state index is 12.1. The molecule has 0 radical (unpaired) electrons. The molecule has 0 atom stereocenters. The van der Waals surface area contributed by atoms with Gasteiger partial charge in [0.2, 0.25) is 0 Å². The molecule has 3 N–H and O–H groups in total. The Bertz CT molecular complexity index is 624. The second-order valence-electron chi connectivity index (χ2n) is 4.07. The summed E-state index contributed by atoms with van der Waals surface area (Å²) in [7, 11) is 0. The van der Waals surface area contributed by atoms with Gasteiger partial charge in [-0.2, -0.15) is 0 Å². The predicted molar refractivity (Wildman–Crippen MR) is 83.2 cm³/mol. The van der Waals surface area contributed by atoms with Gasteiger partial charge in [-0.15, -0.1) is 0 Å². The number of nitrogens with one attached hydrogen (secondary N) is 1. The van der Waals surface area contributed by atoms with Crippen LogP contribution in [0.5, 0.6) is 0 Å². The third kappa shape index (κ3) is 3.54. The van der Waals surface area contributed by atoms with Crippen LogP contribution in [0.3, 0.4) is 0 Å². The van der Waals surface area contributed by atoms with E-state index in [1.54, 1.807) is 12.1 Å². The van der Waals surface area contributed by atoms with Crippen LogP contribution in [-0.2, 0) is 0 Å². The molecular formula is C13H11Br2N3O. The summed E-state index contributed by atoms with van der Waals surface area (Å²) < 4.78 is 1.51. The Morgan fingerprint density at radius 1 is 1.26 bits per heavy atom. The highest BCUT2D eigenvalue weighted by Gasteiger charge is 2.10. The van der Waals surface area contributed by atoms with Crippen LogP contribution in [-0.4, -0.2) is 10.9 Å². The number of anilines is 2. The number of carbonyl (C=O) groups excluding carboxylic acids is 1. The molecule has 6 heteroatoms. The fourth-order valence-electron chi connectivity index (χ4n) is 1.59. The summed E-state index contributed by atoms with van der Waals surface area (Å²) >= 11 is 6.68. The number of aryl methyl sites for hydroxylation is 1. The average molecular weight is 385 g/mol. The number of nitrogens with two attached hydrogens (primary N) is 1. The second kappa shape index (κ2) is 5.71.